The number of nitrogens with one attached hydrogen (secondary N) is 1. The summed E-state index contributed by atoms with van der Waals surface area (Å²) in [4.78, 5) is 12.6. The van der Waals surface area contributed by atoms with Crippen molar-refractivity contribution in [2.24, 2.45) is 0 Å². The summed E-state index contributed by atoms with van der Waals surface area (Å²) < 4.78 is 0. The van der Waals surface area contributed by atoms with Crippen molar-refractivity contribution in [3.05, 3.63) is 12.2 Å². The van der Waals surface area contributed by atoms with Crippen molar-refractivity contribution in [2.45, 2.75) is 321 Å². The molecule has 0 radical (unpaired) electrons. The van der Waals surface area contributed by atoms with E-state index in [4.69, 9.17) is 0 Å². The van der Waals surface area contributed by atoms with Crippen molar-refractivity contribution >= 4 is 5.91 Å². The number of aliphatic hydroxyl groups is 4. The minimum absolute atomic E-state index is 0.365. The fourth-order valence-corrected chi connectivity index (χ4v) is 8.70. The number of allylic oxidation sites excluding steroid dienone is 2. The normalized spacial score (nSPS) is 13.9. The van der Waals surface area contributed by atoms with Gasteiger partial charge in [0.05, 0.1) is 18.8 Å². The standard InChI is InChI=1S/C54H107NO5/c1-3-5-7-9-11-13-15-17-19-21-23-25-26-28-29-31-33-35-37-39-41-43-45-47-51(57)53(59)50(49-56)55-54(60)52(58)48-46-44-42-40-38-36-34-32-30-27-24-22-20-18-16-14-12-10-8-6-4-2/h30,32,50-53,56-59H,3-29,31,33-49H2,1-2H3,(H,55,60)/b32-30-. The topological polar surface area (TPSA) is 110 Å². The lowest BCUT2D eigenvalue weighted by molar-refractivity contribution is -0.132. The van der Waals surface area contributed by atoms with Crippen LogP contribution in [0, 0.1) is 0 Å². The van der Waals surface area contributed by atoms with E-state index in [2.05, 4.69) is 31.3 Å². The molecule has 0 saturated heterocycles. The van der Waals surface area contributed by atoms with E-state index in [0.717, 1.165) is 44.9 Å². The predicted molar refractivity (Wildman–Crippen MR) is 261 cm³/mol. The zero-order valence-electron chi connectivity index (χ0n) is 40.5. The number of rotatable bonds is 50. The third-order valence-corrected chi connectivity index (χ3v) is 13.0. The van der Waals surface area contributed by atoms with Crippen LogP contribution in [0.5, 0.6) is 0 Å². The third-order valence-electron chi connectivity index (χ3n) is 13.0. The average Bonchev–Trinajstić information content (AvgIpc) is 3.25. The van der Waals surface area contributed by atoms with Crippen LogP contribution in [0.2, 0.25) is 0 Å². The molecule has 6 heteroatoms. The SMILES string of the molecule is CCCCCCCCCCCCC/C=C\CCCCCCCCC(O)C(=O)NC(CO)C(O)C(O)CCCCCCCCCCCCCCCCCCCCCCCCC. The number of aliphatic hydroxyl groups excluding tert-OH is 4. The quantitative estimate of drug-likeness (QED) is 0.0309. The van der Waals surface area contributed by atoms with Gasteiger partial charge in [-0.1, -0.05) is 270 Å². The van der Waals surface area contributed by atoms with E-state index in [-0.39, 0.29) is 0 Å². The van der Waals surface area contributed by atoms with Gasteiger partial charge in [0.15, 0.2) is 0 Å². The fourth-order valence-electron chi connectivity index (χ4n) is 8.70. The number of hydrogen-bond acceptors (Lipinski definition) is 5. The molecule has 0 bridgehead atoms. The van der Waals surface area contributed by atoms with Gasteiger partial charge >= 0.3 is 0 Å². The van der Waals surface area contributed by atoms with Crippen LogP contribution in [-0.4, -0.2) is 57.3 Å². The Morgan fingerprint density at radius 3 is 0.967 bits per heavy atom. The summed E-state index contributed by atoms with van der Waals surface area (Å²) in [7, 11) is 0. The zero-order chi connectivity index (χ0) is 43.8. The van der Waals surface area contributed by atoms with Crippen molar-refractivity contribution < 1.29 is 25.2 Å². The van der Waals surface area contributed by atoms with Crippen LogP contribution in [0.3, 0.4) is 0 Å². The summed E-state index contributed by atoms with van der Waals surface area (Å²) in [6.45, 7) is 4.09. The maximum absolute atomic E-state index is 12.6. The van der Waals surface area contributed by atoms with Gasteiger partial charge in [-0.3, -0.25) is 4.79 Å². The van der Waals surface area contributed by atoms with Crippen molar-refractivity contribution in [1.82, 2.24) is 5.32 Å². The minimum Gasteiger partial charge on any atom is -0.394 e. The van der Waals surface area contributed by atoms with Gasteiger partial charge in [-0.25, -0.2) is 0 Å². The monoisotopic (exact) mass is 850 g/mol. The molecule has 0 aromatic carbocycles. The van der Waals surface area contributed by atoms with E-state index in [1.165, 1.54) is 225 Å². The van der Waals surface area contributed by atoms with Gasteiger partial charge in [0, 0.05) is 0 Å². The van der Waals surface area contributed by atoms with Gasteiger partial charge in [0.1, 0.15) is 12.2 Å². The summed E-state index contributed by atoms with van der Waals surface area (Å²) in [6.07, 6.45) is 56.9. The first-order chi connectivity index (χ1) is 29.5. The summed E-state index contributed by atoms with van der Waals surface area (Å²) >= 11 is 0. The third kappa shape index (κ3) is 42.4. The average molecular weight is 850 g/mol. The molecule has 0 saturated carbocycles. The Morgan fingerprint density at radius 1 is 0.400 bits per heavy atom. The van der Waals surface area contributed by atoms with Crippen molar-refractivity contribution in [3.63, 3.8) is 0 Å². The van der Waals surface area contributed by atoms with E-state index in [0.29, 0.717) is 12.8 Å². The molecule has 0 aromatic heterocycles. The van der Waals surface area contributed by atoms with Gasteiger partial charge in [0.2, 0.25) is 5.91 Å². The molecule has 60 heavy (non-hydrogen) atoms. The summed E-state index contributed by atoms with van der Waals surface area (Å²) in [5.74, 6) is -0.583. The number of unbranched alkanes of at least 4 members (excludes halogenated alkanes) is 39. The molecule has 4 atom stereocenters. The van der Waals surface area contributed by atoms with Gasteiger partial charge in [-0.05, 0) is 38.5 Å². The maximum Gasteiger partial charge on any atom is 0.249 e. The number of carbonyl (C=O) groups is 1. The van der Waals surface area contributed by atoms with E-state index in [9.17, 15) is 25.2 Å². The second kappa shape index (κ2) is 49.1. The highest BCUT2D eigenvalue weighted by Crippen LogP contribution is 2.18. The van der Waals surface area contributed by atoms with E-state index in [1.54, 1.807) is 0 Å². The Kier molecular flexibility index (Phi) is 48.3. The summed E-state index contributed by atoms with van der Waals surface area (Å²) in [5.41, 5.74) is 0. The maximum atomic E-state index is 12.6. The van der Waals surface area contributed by atoms with Crippen LogP contribution < -0.4 is 5.32 Å². The number of hydrogen-bond donors (Lipinski definition) is 5. The summed E-state index contributed by atoms with van der Waals surface area (Å²) in [6, 6.07) is -0.986. The van der Waals surface area contributed by atoms with E-state index >= 15 is 0 Å². The smallest absolute Gasteiger partial charge is 0.249 e. The van der Waals surface area contributed by atoms with Crippen LogP contribution in [0.15, 0.2) is 12.2 Å². The van der Waals surface area contributed by atoms with Crippen LogP contribution >= 0.6 is 0 Å². The van der Waals surface area contributed by atoms with Crippen molar-refractivity contribution in [2.75, 3.05) is 6.61 Å². The summed E-state index contributed by atoms with van der Waals surface area (Å²) in [5, 5.41) is 44.0. The first-order valence-electron chi connectivity index (χ1n) is 27.1. The van der Waals surface area contributed by atoms with E-state index < -0.39 is 36.9 Å². The van der Waals surface area contributed by atoms with Crippen LogP contribution in [-0.2, 0) is 4.79 Å². The first-order valence-corrected chi connectivity index (χ1v) is 27.1. The second-order valence-electron chi connectivity index (χ2n) is 18.9. The first kappa shape index (κ1) is 59.0. The van der Waals surface area contributed by atoms with Crippen LogP contribution in [0.4, 0.5) is 0 Å². The Morgan fingerprint density at radius 2 is 0.667 bits per heavy atom. The van der Waals surface area contributed by atoms with Crippen LogP contribution in [0.1, 0.15) is 296 Å². The van der Waals surface area contributed by atoms with Gasteiger partial charge < -0.3 is 25.7 Å². The largest absolute Gasteiger partial charge is 0.394 e. The van der Waals surface area contributed by atoms with Crippen molar-refractivity contribution in [1.29, 1.82) is 0 Å². The minimum atomic E-state index is -1.26. The molecule has 358 valence electrons. The lowest BCUT2D eigenvalue weighted by atomic mass is 9.99. The number of amides is 1. The Bertz CT molecular complexity index is 867. The molecule has 0 aliphatic heterocycles. The van der Waals surface area contributed by atoms with Gasteiger partial charge in [-0.15, -0.1) is 0 Å². The molecule has 0 aromatic rings. The second-order valence-corrected chi connectivity index (χ2v) is 18.9. The molecule has 0 rings (SSSR count). The van der Waals surface area contributed by atoms with Gasteiger partial charge in [0.25, 0.3) is 0 Å². The molecule has 0 fully saturated rings. The highest BCUT2D eigenvalue weighted by atomic mass is 16.3. The molecular weight excluding hydrogens is 743 g/mol. The van der Waals surface area contributed by atoms with E-state index in [1.807, 2.05) is 0 Å². The lowest BCUT2D eigenvalue weighted by Crippen LogP contribution is -2.53. The lowest BCUT2D eigenvalue weighted by Gasteiger charge is -2.27. The molecule has 4 unspecified atom stereocenters. The molecule has 6 nitrogen and oxygen atoms in total. The molecule has 1 amide bonds. The predicted octanol–water partition coefficient (Wildman–Crippen LogP) is 15.3. The molecule has 0 aliphatic carbocycles. The Labute approximate surface area is 374 Å². The zero-order valence-corrected chi connectivity index (χ0v) is 40.5. The van der Waals surface area contributed by atoms with Crippen molar-refractivity contribution in [3.8, 4) is 0 Å². The highest BCUT2D eigenvalue weighted by Gasteiger charge is 2.28. The fraction of sp³-hybridized carbons (Fsp3) is 0.944. The van der Waals surface area contributed by atoms with Gasteiger partial charge in [-0.2, -0.15) is 0 Å². The molecular formula is C54H107NO5. The molecule has 0 spiro atoms. The molecule has 0 heterocycles. The van der Waals surface area contributed by atoms with Crippen LogP contribution in [0.25, 0.3) is 0 Å². The Hall–Kier alpha value is -0.950. The number of carbonyl (C=O) groups excluding carboxylic acids is 1. The molecule has 5 N–H and O–H groups in total. The highest BCUT2D eigenvalue weighted by molar-refractivity contribution is 5.80. The molecule has 0 aliphatic rings. The Balaban J connectivity index is 3.64.